The third-order valence-electron chi connectivity index (χ3n) is 9.95. The van der Waals surface area contributed by atoms with Crippen LogP contribution in [0.1, 0.15) is 91.4 Å². The highest BCUT2D eigenvalue weighted by atomic mass is 16.5. The van der Waals surface area contributed by atoms with E-state index in [4.69, 9.17) is 9.84 Å². The highest BCUT2D eigenvalue weighted by Crippen LogP contribution is 2.67. The minimum Gasteiger partial charge on any atom is -0.481 e. The molecule has 0 aliphatic heterocycles. The van der Waals surface area contributed by atoms with E-state index in [1.54, 1.807) is 6.92 Å². The number of hydrogen-bond donors (Lipinski definition) is 1. The van der Waals surface area contributed by atoms with E-state index >= 15 is 0 Å². The minimum atomic E-state index is -0.954. The van der Waals surface area contributed by atoms with Gasteiger partial charge in [0.1, 0.15) is 11.9 Å². The summed E-state index contributed by atoms with van der Waals surface area (Å²) in [5, 5.41) is 8.77. The van der Waals surface area contributed by atoms with Crippen molar-refractivity contribution in [1.82, 2.24) is 0 Å². The SMILES string of the molecule is CC(=O)[C@H]1CCC2C3CC[C@@H]4C[C@@H](OC(=O)CCC(=O)O)CC[C@]4(C)C3CC[C@@]21C. The zero-order valence-corrected chi connectivity index (χ0v) is 18.8. The molecule has 0 radical (unpaired) electrons. The fourth-order valence-corrected chi connectivity index (χ4v) is 8.45. The van der Waals surface area contributed by atoms with Crippen LogP contribution in [-0.4, -0.2) is 28.9 Å². The zero-order chi connectivity index (χ0) is 21.7. The van der Waals surface area contributed by atoms with Crippen molar-refractivity contribution in [1.29, 1.82) is 0 Å². The Hall–Kier alpha value is -1.39. The van der Waals surface area contributed by atoms with Crippen LogP contribution in [0, 0.1) is 40.4 Å². The third-order valence-corrected chi connectivity index (χ3v) is 9.95. The quantitative estimate of drug-likeness (QED) is 0.635. The van der Waals surface area contributed by atoms with Crippen LogP contribution in [0.2, 0.25) is 0 Å². The highest BCUT2D eigenvalue weighted by Gasteiger charge is 2.60. The molecule has 4 fully saturated rings. The predicted octanol–water partition coefficient (Wildman–Crippen LogP) is 5.01. The fraction of sp³-hybridized carbons (Fsp3) is 0.880. The number of Topliss-reactive ketones (excluding diaryl/α,β-unsaturated/α-hetero) is 1. The smallest absolute Gasteiger partial charge is 0.306 e. The fourth-order valence-electron chi connectivity index (χ4n) is 8.45. The van der Waals surface area contributed by atoms with E-state index in [0.717, 1.165) is 37.5 Å². The number of esters is 1. The summed E-state index contributed by atoms with van der Waals surface area (Å²) >= 11 is 0. The van der Waals surface area contributed by atoms with Crippen molar-refractivity contribution in [2.75, 3.05) is 0 Å². The Morgan fingerprint density at radius 3 is 2.30 bits per heavy atom. The molecule has 0 spiro atoms. The maximum Gasteiger partial charge on any atom is 0.306 e. The first kappa shape index (κ1) is 21.8. The Kier molecular flexibility index (Phi) is 5.78. The van der Waals surface area contributed by atoms with Gasteiger partial charge in [0.2, 0.25) is 0 Å². The normalized spacial score (nSPS) is 45.0. The number of carboxylic acids is 1. The second-order valence-electron chi connectivity index (χ2n) is 11.2. The van der Waals surface area contributed by atoms with Gasteiger partial charge in [0, 0.05) is 5.92 Å². The van der Waals surface area contributed by atoms with Crippen LogP contribution >= 0.6 is 0 Å². The van der Waals surface area contributed by atoms with Crippen LogP contribution in [0.4, 0.5) is 0 Å². The first-order chi connectivity index (χ1) is 14.1. The van der Waals surface area contributed by atoms with E-state index in [1.807, 2.05) is 0 Å². The number of carbonyl (C=O) groups is 3. The maximum atomic E-state index is 12.3. The standard InChI is InChI=1S/C25H38O5/c1-15(26)19-6-7-20-18-5-4-16-14-17(30-23(29)9-8-22(27)28)10-12-24(16,2)21(18)11-13-25(19,20)3/h16-21H,4-14H2,1-3H3,(H,27,28)/t16-,17+,18?,19-,20?,21?,24+,25-/m1/s1. The number of carbonyl (C=O) groups excluding carboxylic acids is 2. The first-order valence-electron chi connectivity index (χ1n) is 12.1. The van der Waals surface area contributed by atoms with Gasteiger partial charge in [-0.2, -0.15) is 0 Å². The molecule has 0 aromatic heterocycles. The van der Waals surface area contributed by atoms with E-state index in [1.165, 1.54) is 32.1 Å². The van der Waals surface area contributed by atoms with Crippen LogP contribution in [0.3, 0.4) is 0 Å². The molecular formula is C25H38O5. The number of hydrogen-bond acceptors (Lipinski definition) is 4. The van der Waals surface area contributed by atoms with Gasteiger partial charge < -0.3 is 9.84 Å². The molecule has 0 aromatic carbocycles. The van der Waals surface area contributed by atoms with E-state index < -0.39 is 5.97 Å². The molecule has 3 unspecified atom stereocenters. The number of aliphatic carboxylic acids is 1. The minimum absolute atomic E-state index is 0.0317. The van der Waals surface area contributed by atoms with Crippen LogP contribution < -0.4 is 0 Å². The van der Waals surface area contributed by atoms with Gasteiger partial charge in [-0.3, -0.25) is 14.4 Å². The average molecular weight is 419 g/mol. The summed E-state index contributed by atoms with van der Waals surface area (Å²) in [4.78, 5) is 35.0. The van der Waals surface area contributed by atoms with Crippen LogP contribution in [0.15, 0.2) is 0 Å². The summed E-state index contributed by atoms with van der Waals surface area (Å²) in [6.45, 7) is 6.67. The lowest BCUT2D eigenvalue weighted by Crippen LogP contribution is -2.54. The van der Waals surface area contributed by atoms with Crippen molar-refractivity contribution in [2.24, 2.45) is 40.4 Å². The van der Waals surface area contributed by atoms with E-state index in [9.17, 15) is 14.4 Å². The largest absolute Gasteiger partial charge is 0.481 e. The van der Waals surface area contributed by atoms with Gasteiger partial charge in [0.05, 0.1) is 12.8 Å². The molecule has 168 valence electrons. The van der Waals surface area contributed by atoms with Gasteiger partial charge >= 0.3 is 11.9 Å². The van der Waals surface area contributed by atoms with Crippen molar-refractivity contribution in [3.8, 4) is 0 Å². The summed E-state index contributed by atoms with van der Waals surface area (Å²) in [6, 6.07) is 0. The molecule has 1 N–H and O–H groups in total. The van der Waals surface area contributed by atoms with Crippen LogP contribution in [0.25, 0.3) is 0 Å². The second kappa shape index (κ2) is 7.94. The van der Waals surface area contributed by atoms with Gasteiger partial charge in [-0.1, -0.05) is 13.8 Å². The molecule has 0 heterocycles. The van der Waals surface area contributed by atoms with E-state index in [-0.39, 0.29) is 36.2 Å². The molecule has 0 aromatic rings. The molecule has 0 amide bonds. The third kappa shape index (κ3) is 3.60. The molecule has 30 heavy (non-hydrogen) atoms. The Morgan fingerprint density at radius 1 is 0.900 bits per heavy atom. The Bertz CT molecular complexity index is 716. The molecule has 8 atom stereocenters. The molecule has 5 nitrogen and oxygen atoms in total. The zero-order valence-electron chi connectivity index (χ0n) is 18.8. The number of ketones is 1. The molecular weight excluding hydrogens is 380 g/mol. The van der Waals surface area contributed by atoms with Crippen molar-refractivity contribution < 1.29 is 24.2 Å². The summed E-state index contributed by atoms with van der Waals surface area (Å²) in [6.07, 6.45) is 9.82. The molecule has 0 saturated heterocycles. The first-order valence-corrected chi connectivity index (χ1v) is 12.1. The van der Waals surface area contributed by atoms with Gasteiger partial charge in [-0.15, -0.1) is 0 Å². The van der Waals surface area contributed by atoms with E-state index in [0.29, 0.717) is 23.0 Å². The van der Waals surface area contributed by atoms with Crippen LogP contribution in [0.5, 0.6) is 0 Å². The Labute approximate surface area is 180 Å². The summed E-state index contributed by atoms with van der Waals surface area (Å²) in [5.74, 6) is 2.07. The lowest BCUT2D eigenvalue weighted by atomic mass is 9.44. The Morgan fingerprint density at radius 2 is 1.60 bits per heavy atom. The van der Waals surface area contributed by atoms with Gasteiger partial charge in [0.25, 0.3) is 0 Å². The average Bonchev–Trinajstić information content (AvgIpc) is 3.04. The van der Waals surface area contributed by atoms with Crippen molar-refractivity contribution in [3.63, 3.8) is 0 Å². The predicted molar refractivity (Wildman–Crippen MR) is 113 cm³/mol. The summed E-state index contributed by atoms with van der Waals surface area (Å²) in [5.41, 5.74) is 0.510. The molecule has 5 heteroatoms. The van der Waals surface area contributed by atoms with Gasteiger partial charge in [0.15, 0.2) is 0 Å². The molecule has 0 bridgehead atoms. The number of ether oxygens (including phenoxy) is 1. The molecule has 4 saturated carbocycles. The van der Waals surface area contributed by atoms with E-state index in [2.05, 4.69) is 13.8 Å². The van der Waals surface area contributed by atoms with Crippen molar-refractivity contribution >= 4 is 17.7 Å². The Balaban J connectivity index is 1.42. The van der Waals surface area contributed by atoms with Gasteiger partial charge in [-0.25, -0.2) is 0 Å². The van der Waals surface area contributed by atoms with Crippen molar-refractivity contribution in [2.45, 2.75) is 97.5 Å². The monoisotopic (exact) mass is 418 g/mol. The van der Waals surface area contributed by atoms with Crippen molar-refractivity contribution in [3.05, 3.63) is 0 Å². The second-order valence-corrected chi connectivity index (χ2v) is 11.2. The lowest BCUT2D eigenvalue weighted by Gasteiger charge is -2.61. The lowest BCUT2D eigenvalue weighted by molar-refractivity contribution is -0.164. The number of fused-ring (bicyclic) bond motifs is 5. The summed E-state index contributed by atoms with van der Waals surface area (Å²) in [7, 11) is 0. The van der Waals surface area contributed by atoms with Crippen LogP contribution in [-0.2, 0) is 19.1 Å². The topological polar surface area (TPSA) is 80.7 Å². The summed E-state index contributed by atoms with van der Waals surface area (Å²) < 4.78 is 5.66. The maximum absolute atomic E-state index is 12.3. The molecule has 4 aliphatic rings. The van der Waals surface area contributed by atoms with Gasteiger partial charge in [-0.05, 0) is 99.2 Å². The number of rotatable bonds is 5. The molecule has 4 rings (SSSR count). The molecule has 4 aliphatic carbocycles. The number of carboxylic acid groups (broad SMARTS) is 1. The highest BCUT2D eigenvalue weighted by molar-refractivity contribution is 5.79.